The minimum atomic E-state index is -0.753. The van der Waals surface area contributed by atoms with E-state index in [1.54, 1.807) is 12.1 Å². The molecule has 0 unspecified atom stereocenters. The quantitative estimate of drug-likeness (QED) is 0.832. The molecule has 0 aliphatic carbocycles. The van der Waals surface area contributed by atoms with Crippen molar-refractivity contribution in [1.29, 1.82) is 0 Å². The fourth-order valence-corrected chi connectivity index (χ4v) is 2.25. The van der Waals surface area contributed by atoms with Gasteiger partial charge in [0.05, 0.1) is 5.92 Å². The molecule has 1 aliphatic rings. The monoisotopic (exact) mass is 223 g/mol. The maximum absolute atomic E-state index is 12.8. The van der Waals surface area contributed by atoms with E-state index in [0.717, 1.165) is 5.56 Å². The zero-order chi connectivity index (χ0) is 11.7. The van der Waals surface area contributed by atoms with Crippen LogP contribution >= 0.6 is 0 Å². The Morgan fingerprint density at radius 3 is 2.56 bits per heavy atom. The molecule has 2 rings (SSSR count). The number of benzene rings is 1. The first kappa shape index (κ1) is 11.1. The molecule has 0 amide bonds. The molecule has 2 atom stereocenters. The van der Waals surface area contributed by atoms with Crippen molar-refractivity contribution in [3.8, 4) is 0 Å². The van der Waals surface area contributed by atoms with Gasteiger partial charge < -0.3 is 5.11 Å². The SMILES string of the molecule is CN1C[C@H](C(=O)O)C[C@H]1c1ccc(F)cc1. The Hall–Kier alpha value is -1.42. The number of rotatable bonds is 2. The van der Waals surface area contributed by atoms with Crippen molar-refractivity contribution < 1.29 is 14.3 Å². The van der Waals surface area contributed by atoms with Crippen LogP contribution in [0.3, 0.4) is 0 Å². The maximum Gasteiger partial charge on any atom is 0.307 e. The normalized spacial score (nSPS) is 25.9. The zero-order valence-corrected chi connectivity index (χ0v) is 9.06. The van der Waals surface area contributed by atoms with Crippen LogP contribution in [0.15, 0.2) is 24.3 Å². The third kappa shape index (κ3) is 2.07. The Kier molecular flexibility index (Phi) is 2.92. The Labute approximate surface area is 93.5 Å². The van der Waals surface area contributed by atoms with Crippen molar-refractivity contribution in [2.24, 2.45) is 5.92 Å². The molecular formula is C12H14FNO2. The van der Waals surface area contributed by atoms with Crippen LogP contribution in [0.1, 0.15) is 18.0 Å². The Morgan fingerprint density at radius 2 is 2.06 bits per heavy atom. The van der Waals surface area contributed by atoms with E-state index in [0.29, 0.717) is 13.0 Å². The predicted molar refractivity (Wildman–Crippen MR) is 57.5 cm³/mol. The van der Waals surface area contributed by atoms with Crippen LogP contribution < -0.4 is 0 Å². The van der Waals surface area contributed by atoms with Crippen molar-refractivity contribution in [2.45, 2.75) is 12.5 Å². The van der Waals surface area contributed by atoms with Crippen LogP contribution in [-0.4, -0.2) is 29.6 Å². The molecule has 0 saturated carbocycles. The Morgan fingerprint density at radius 1 is 1.44 bits per heavy atom. The summed E-state index contributed by atoms with van der Waals surface area (Å²) in [4.78, 5) is 12.9. The highest BCUT2D eigenvalue weighted by atomic mass is 19.1. The minimum Gasteiger partial charge on any atom is -0.481 e. The number of carbonyl (C=O) groups is 1. The molecular weight excluding hydrogens is 209 g/mol. The molecule has 1 aromatic carbocycles. The molecule has 0 radical (unpaired) electrons. The van der Waals surface area contributed by atoms with E-state index in [4.69, 9.17) is 5.11 Å². The molecule has 1 N–H and O–H groups in total. The number of nitrogens with zero attached hydrogens (tertiary/aromatic N) is 1. The van der Waals surface area contributed by atoms with Crippen molar-refractivity contribution in [3.63, 3.8) is 0 Å². The molecule has 1 heterocycles. The summed E-state index contributed by atoms with van der Waals surface area (Å²) in [5.74, 6) is -1.34. The average molecular weight is 223 g/mol. The van der Waals surface area contributed by atoms with Crippen molar-refractivity contribution >= 4 is 5.97 Å². The van der Waals surface area contributed by atoms with E-state index in [1.165, 1.54) is 12.1 Å². The second-order valence-electron chi connectivity index (χ2n) is 4.28. The lowest BCUT2D eigenvalue weighted by Gasteiger charge is -2.19. The summed E-state index contributed by atoms with van der Waals surface area (Å²) >= 11 is 0. The topological polar surface area (TPSA) is 40.5 Å². The van der Waals surface area contributed by atoms with E-state index in [9.17, 15) is 9.18 Å². The van der Waals surface area contributed by atoms with Gasteiger partial charge in [-0.1, -0.05) is 12.1 Å². The molecule has 1 aromatic rings. The first-order valence-corrected chi connectivity index (χ1v) is 5.26. The number of hydrogen-bond donors (Lipinski definition) is 1. The van der Waals surface area contributed by atoms with Gasteiger partial charge >= 0.3 is 5.97 Å². The van der Waals surface area contributed by atoms with Crippen molar-refractivity contribution in [3.05, 3.63) is 35.6 Å². The van der Waals surface area contributed by atoms with E-state index >= 15 is 0 Å². The van der Waals surface area contributed by atoms with Crippen molar-refractivity contribution in [2.75, 3.05) is 13.6 Å². The van der Waals surface area contributed by atoms with Crippen LogP contribution in [0.5, 0.6) is 0 Å². The fraction of sp³-hybridized carbons (Fsp3) is 0.417. The summed E-state index contributed by atoms with van der Waals surface area (Å²) in [5.41, 5.74) is 0.979. The van der Waals surface area contributed by atoms with Gasteiger partial charge in [0.2, 0.25) is 0 Å². The second kappa shape index (κ2) is 4.22. The molecule has 0 aromatic heterocycles. The average Bonchev–Trinajstić information content (AvgIpc) is 2.62. The summed E-state index contributed by atoms with van der Waals surface area (Å²) in [5, 5.41) is 8.95. The largest absolute Gasteiger partial charge is 0.481 e. The highest BCUT2D eigenvalue weighted by Gasteiger charge is 2.34. The van der Waals surface area contributed by atoms with E-state index < -0.39 is 5.97 Å². The van der Waals surface area contributed by atoms with Gasteiger partial charge in [0.15, 0.2) is 0 Å². The lowest BCUT2D eigenvalue weighted by atomic mass is 10.00. The molecule has 4 heteroatoms. The lowest BCUT2D eigenvalue weighted by Crippen LogP contribution is -2.20. The molecule has 1 fully saturated rings. The maximum atomic E-state index is 12.8. The van der Waals surface area contributed by atoms with Gasteiger partial charge in [0.1, 0.15) is 5.82 Å². The lowest BCUT2D eigenvalue weighted by molar-refractivity contribution is -0.141. The minimum absolute atomic E-state index is 0.0849. The third-order valence-electron chi connectivity index (χ3n) is 3.15. The van der Waals surface area contributed by atoms with E-state index in [-0.39, 0.29) is 17.8 Å². The smallest absolute Gasteiger partial charge is 0.307 e. The summed E-state index contributed by atoms with van der Waals surface area (Å²) in [6, 6.07) is 6.36. The summed E-state index contributed by atoms with van der Waals surface area (Å²) < 4.78 is 12.8. The number of halogens is 1. The van der Waals surface area contributed by atoms with Gasteiger partial charge in [-0.05, 0) is 31.2 Å². The molecule has 1 aliphatic heterocycles. The molecule has 0 bridgehead atoms. The number of hydrogen-bond acceptors (Lipinski definition) is 2. The molecule has 0 spiro atoms. The first-order chi connectivity index (χ1) is 7.58. The summed E-state index contributed by atoms with van der Waals surface area (Å²) in [6.45, 7) is 0.553. The third-order valence-corrected chi connectivity index (χ3v) is 3.15. The second-order valence-corrected chi connectivity index (χ2v) is 4.28. The van der Waals surface area contributed by atoms with Crippen LogP contribution in [-0.2, 0) is 4.79 Å². The Bertz CT molecular complexity index is 391. The molecule has 1 saturated heterocycles. The summed E-state index contributed by atoms with van der Waals surface area (Å²) in [6.07, 6.45) is 0.595. The summed E-state index contributed by atoms with van der Waals surface area (Å²) in [7, 11) is 1.90. The van der Waals surface area contributed by atoms with E-state index in [2.05, 4.69) is 0 Å². The van der Waals surface area contributed by atoms with Gasteiger partial charge in [-0.2, -0.15) is 0 Å². The highest BCUT2D eigenvalue weighted by Crippen LogP contribution is 2.34. The van der Waals surface area contributed by atoms with Gasteiger partial charge in [-0.3, -0.25) is 9.69 Å². The molecule has 16 heavy (non-hydrogen) atoms. The Balaban J connectivity index is 2.16. The van der Waals surface area contributed by atoms with Gasteiger partial charge in [0.25, 0.3) is 0 Å². The van der Waals surface area contributed by atoms with Crippen molar-refractivity contribution in [1.82, 2.24) is 4.90 Å². The van der Waals surface area contributed by atoms with Gasteiger partial charge in [-0.25, -0.2) is 4.39 Å². The number of likely N-dealkylation sites (tertiary alicyclic amines) is 1. The van der Waals surface area contributed by atoms with Crippen LogP contribution in [0.25, 0.3) is 0 Å². The van der Waals surface area contributed by atoms with Gasteiger partial charge in [0, 0.05) is 12.6 Å². The van der Waals surface area contributed by atoms with Crippen LogP contribution in [0, 0.1) is 11.7 Å². The number of aliphatic carboxylic acids is 1. The highest BCUT2D eigenvalue weighted by molar-refractivity contribution is 5.70. The van der Waals surface area contributed by atoms with Gasteiger partial charge in [-0.15, -0.1) is 0 Å². The number of carboxylic acids is 1. The molecule has 86 valence electrons. The zero-order valence-electron chi connectivity index (χ0n) is 9.06. The van der Waals surface area contributed by atoms with E-state index in [1.807, 2.05) is 11.9 Å². The van der Waals surface area contributed by atoms with Crippen LogP contribution in [0.2, 0.25) is 0 Å². The standard InChI is InChI=1S/C12H14FNO2/c1-14-7-9(12(15)16)6-11(14)8-2-4-10(13)5-3-8/h2-5,9,11H,6-7H2,1H3,(H,15,16)/t9-,11+/m1/s1. The van der Waals surface area contributed by atoms with Crippen LogP contribution in [0.4, 0.5) is 4.39 Å². The molecule has 3 nitrogen and oxygen atoms in total. The fourth-order valence-electron chi connectivity index (χ4n) is 2.25. The predicted octanol–water partition coefficient (Wildman–Crippen LogP) is 1.90. The number of carboxylic acid groups (broad SMARTS) is 1. The first-order valence-electron chi connectivity index (χ1n) is 5.26.